The number of carboxylic acids is 1. The van der Waals surface area contributed by atoms with Crippen LogP contribution in [0.15, 0.2) is 46.6 Å². The summed E-state index contributed by atoms with van der Waals surface area (Å²) in [5.74, 6) is -2.86. The van der Waals surface area contributed by atoms with Crippen LogP contribution >= 0.6 is 0 Å². The Balaban J connectivity index is 1.61. The Hall–Kier alpha value is -4.08. The minimum absolute atomic E-state index is 0.144. The van der Waals surface area contributed by atoms with Gasteiger partial charge in [-0.1, -0.05) is 6.07 Å². The minimum atomic E-state index is -1.30. The van der Waals surface area contributed by atoms with Crippen LogP contribution in [0.5, 0.6) is 5.75 Å². The first-order valence-electron chi connectivity index (χ1n) is 9.10. The number of imide groups is 1. The summed E-state index contributed by atoms with van der Waals surface area (Å²) in [5, 5.41) is 29.1. The van der Waals surface area contributed by atoms with E-state index in [0.29, 0.717) is 16.8 Å². The highest BCUT2D eigenvalue weighted by molar-refractivity contribution is 6.06. The molecule has 1 fully saturated rings. The van der Waals surface area contributed by atoms with E-state index in [9.17, 15) is 24.3 Å². The molecule has 0 aromatic heterocycles. The zero-order chi connectivity index (χ0) is 21.4. The van der Waals surface area contributed by atoms with E-state index >= 15 is 0 Å². The first kappa shape index (κ1) is 19.2. The third kappa shape index (κ3) is 3.39. The number of carbonyl (C=O) groups excluding carboxylic acids is 3. The predicted octanol–water partition coefficient (Wildman–Crippen LogP) is 2.27. The van der Waals surface area contributed by atoms with Crippen LogP contribution in [-0.4, -0.2) is 44.8 Å². The molecule has 10 nitrogen and oxygen atoms in total. The lowest BCUT2D eigenvalue weighted by Gasteiger charge is -2.29. The molecule has 0 aliphatic carbocycles. The highest BCUT2D eigenvalue weighted by Gasteiger charge is 2.39. The average molecular weight is 408 g/mol. The SMILES string of the molecule is O=C1CCC(N2Cc3c(N=Nc4ccc(O)c(C(=O)O)c4)cccc3C2=O)C(=O)N1. The monoisotopic (exact) mass is 408 g/mol. The van der Waals surface area contributed by atoms with Crippen molar-refractivity contribution in [2.45, 2.75) is 25.4 Å². The molecule has 1 unspecified atom stereocenters. The van der Waals surface area contributed by atoms with Gasteiger partial charge < -0.3 is 15.1 Å². The van der Waals surface area contributed by atoms with Crippen LogP contribution in [0, 0.1) is 0 Å². The summed E-state index contributed by atoms with van der Waals surface area (Å²) in [7, 11) is 0. The van der Waals surface area contributed by atoms with Crippen LogP contribution in [0.2, 0.25) is 0 Å². The summed E-state index contributed by atoms with van der Waals surface area (Å²) >= 11 is 0. The lowest BCUT2D eigenvalue weighted by atomic mass is 10.0. The van der Waals surface area contributed by atoms with E-state index in [1.165, 1.54) is 23.1 Å². The summed E-state index contributed by atoms with van der Waals surface area (Å²) in [4.78, 5) is 48.9. The summed E-state index contributed by atoms with van der Waals surface area (Å²) < 4.78 is 0. The molecule has 0 saturated carbocycles. The number of hydrogen-bond donors (Lipinski definition) is 3. The van der Waals surface area contributed by atoms with Gasteiger partial charge >= 0.3 is 5.97 Å². The highest BCUT2D eigenvalue weighted by Crippen LogP contribution is 2.34. The van der Waals surface area contributed by atoms with Gasteiger partial charge in [0.25, 0.3) is 5.91 Å². The van der Waals surface area contributed by atoms with Crippen molar-refractivity contribution in [3.8, 4) is 5.75 Å². The number of benzene rings is 2. The molecule has 2 aromatic carbocycles. The van der Waals surface area contributed by atoms with E-state index in [0.717, 1.165) is 0 Å². The van der Waals surface area contributed by atoms with Gasteiger partial charge in [-0.3, -0.25) is 19.7 Å². The maximum atomic E-state index is 12.8. The van der Waals surface area contributed by atoms with Gasteiger partial charge in [-0.25, -0.2) is 4.79 Å². The predicted molar refractivity (Wildman–Crippen MR) is 102 cm³/mol. The summed E-state index contributed by atoms with van der Waals surface area (Å²) in [6.07, 6.45) is 0.419. The van der Waals surface area contributed by atoms with Crippen LogP contribution in [0.1, 0.15) is 39.1 Å². The lowest BCUT2D eigenvalue weighted by molar-refractivity contribution is -0.136. The Kier molecular flexibility index (Phi) is 4.74. The van der Waals surface area contributed by atoms with E-state index in [4.69, 9.17) is 5.11 Å². The maximum Gasteiger partial charge on any atom is 0.339 e. The average Bonchev–Trinajstić information content (AvgIpc) is 3.04. The van der Waals surface area contributed by atoms with E-state index in [1.54, 1.807) is 18.2 Å². The van der Waals surface area contributed by atoms with Crippen LogP contribution in [0.3, 0.4) is 0 Å². The molecule has 0 radical (unpaired) electrons. The number of nitrogens with zero attached hydrogens (tertiary/aromatic N) is 3. The zero-order valence-corrected chi connectivity index (χ0v) is 15.5. The zero-order valence-electron chi connectivity index (χ0n) is 15.5. The Labute approximate surface area is 169 Å². The van der Waals surface area contributed by atoms with Gasteiger partial charge in [0.15, 0.2) is 0 Å². The Morgan fingerprint density at radius 3 is 2.67 bits per heavy atom. The standard InChI is InChI=1S/C20H16N4O6/c25-16-6-4-10(8-12(16)20(29)30)22-23-14-3-1-2-11-13(14)9-24(19(11)28)15-5-7-17(26)21-18(15)27/h1-4,6,8,15,25H,5,7,9H2,(H,29,30)(H,21,26,27). The van der Waals surface area contributed by atoms with E-state index in [1.807, 2.05) is 0 Å². The third-order valence-corrected chi connectivity index (χ3v) is 5.04. The van der Waals surface area contributed by atoms with Crippen molar-refractivity contribution in [3.63, 3.8) is 0 Å². The second-order valence-electron chi connectivity index (χ2n) is 6.91. The normalized spacial score (nSPS) is 18.6. The number of carbonyl (C=O) groups is 4. The number of aromatic carboxylic acids is 1. The number of carboxylic acid groups (broad SMARTS) is 1. The molecule has 3 N–H and O–H groups in total. The molecule has 1 saturated heterocycles. The number of nitrogens with one attached hydrogen (secondary N) is 1. The van der Waals surface area contributed by atoms with Gasteiger partial charge in [0, 0.05) is 24.1 Å². The van der Waals surface area contributed by atoms with E-state index < -0.39 is 17.9 Å². The number of hydrogen-bond acceptors (Lipinski definition) is 7. The second kappa shape index (κ2) is 7.39. The fraction of sp³-hybridized carbons (Fsp3) is 0.200. The molecule has 0 bridgehead atoms. The summed E-state index contributed by atoms with van der Waals surface area (Å²) in [5.41, 5.74) is 1.31. The molecular formula is C20H16N4O6. The van der Waals surface area contributed by atoms with Gasteiger partial charge in [0.2, 0.25) is 11.8 Å². The van der Waals surface area contributed by atoms with Crippen LogP contribution in [-0.2, 0) is 16.1 Å². The molecule has 2 aliphatic heterocycles. The molecule has 3 amide bonds. The molecule has 2 heterocycles. The topological polar surface area (TPSA) is 149 Å². The van der Waals surface area contributed by atoms with Crippen molar-refractivity contribution in [1.82, 2.24) is 10.2 Å². The first-order chi connectivity index (χ1) is 14.3. The molecule has 10 heteroatoms. The summed E-state index contributed by atoms with van der Waals surface area (Å²) in [6.45, 7) is 0.144. The number of azo groups is 1. The third-order valence-electron chi connectivity index (χ3n) is 5.04. The molecular weight excluding hydrogens is 392 g/mol. The van der Waals surface area contributed by atoms with Crippen molar-refractivity contribution in [1.29, 1.82) is 0 Å². The number of aromatic hydroxyl groups is 1. The van der Waals surface area contributed by atoms with Crippen LogP contribution in [0.4, 0.5) is 11.4 Å². The summed E-state index contributed by atoms with van der Waals surface area (Å²) in [6, 6.07) is 8.00. The van der Waals surface area contributed by atoms with Crippen LogP contribution < -0.4 is 5.32 Å². The Bertz CT molecular complexity index is 1130. The number of amides is 3. The van der Waals surface area contributed by atoms with Crippen molar-refractivity contribution >= 4 is 35.1 Å². The van der Waals surface area contributed by atoms with Crippen molar-refractivity contribution < 1.29 is 29.4 Å². The highest BCUT2D eigenvalue weighted by atomic mass is 16.4. The molecule has 152 valence electrons. The number of rotatable bonds is 4. The fourth-order valence-electron chi connectivity index (χ4n) is 3.53. The Morgan fingerprint density at radius 2 is 1.93 bits per heavy atom. The van der Waals surface area contributed by atoms with Gasteiger partial charge in [-0.2, -0.15) is 10.2 Å². The van der Waals surface area contributed by atoms with Crippen molar-refractivity contribution in [2.75, 3.05) is 0 Å². The van der Waals surface area contributed by atoms with Gasteiger partial charge in [-0.05, 0) is 36.8 Å². The second-order valence-corrected chi connectivity index (χ2v) is 6.91. The molecule has 2 aromatic rings. The van der Waals surface area contributed by atoms with Crippen molar-refractivity contribution in [2.24, 2.45) is 10.2 Å². The molecule has 30 heavy (non-hydrogen) atoms. The fourth-order valence-corrected chi connectivity index (χ4v) is 3.53. The smallest absolute Gasteiger partial charge is 0.339 e. The van der Waals surface area contributed by atoms with Gasteiger partial charge in [0.1, 0.15) is 17.4 Å². The molecule has 1 atom stereocenters. The lowest BCUT2D eigenvalue weighted by Crippen LogP contribution is -2.52. The number of fused-ring (bicyclic) bond motifs is 1. The van der Waals surface area contributed by atoms with E-state index in [2.05, 4.69) is 15.5 Å². The molecule has 4 rings (SSSR count). The number of piperidine rings is 1. The Morgan fingerprint density at radius 1 is 1.13 bits per heavy atom. The first-order valence-corrected chi connectivity index (χ1v) is 9.10. The largest absolute Gasteiger partial charge is 0.507 e. The van der Waals surface area contributed by atoms with Gasteiger partial charge in [0.05, 0.1) is 11.4 Å². The minimum Gasteiger partial charge on any atom is -0.507 e. The van der Waals surface area contributed by atoms with E-state index in [-0.39, 0.29) is 48.2 Å². The maximum absolute atomic E-state index is 12.8. The van der Waals surface area contributed by atoms with Gasteiger partial charge in [-0.15, -0.1) is 0 Å². The molecule has 0 spiro atoms. The molecule has 2 aliphatic rings. The van der Waals surface area contributed by atoms with Crippen LogP contribution in [0.25, 0.3) is 0 Å². The number of phenols is 1. The van der Waals surface area contributed by atoms with Crippen molar-refractivity contribution in [3.05, 3.63) is 53.1 Å². The quantitative estimate of drug-likeness (QED) is 0.522.